The van der Waals surface area contributed by atoms with Gasteiger partial charge in [0.1, 0.15) is 0 Å². The van der Waals surface area contributed by atoms with Gasteiger partial charge in [-0.3, -0.25) is 30.3 Å². The van der Waals surface area contributed by atoms with Gasteiger partial charge < -0.3 is 10.4 Å². The summed E-state index contributed by atoms with van der Waals surface area (Å²) in [7, 11) is 0. The van der Waals surface area contributed by atoms with Crippen molar-refractivity contribution in [3.05, 3.63) is 42.5 Å². The third-order valence-corrected chi connectivity index (χ3v) is 2.75. The van der Waals surface area contributed by atoms with E-state index in [9.17, 15) is 30.3 Å². The van der Waals surface area contributed by atoms with Gasteiger partial charge in [0.15, 0.2) is 5.69 Å². The molecule has 0 fully saturated rings. The Hall–Kier alpha value is -2.82. The smallest absolute Gasteiger partial charge is 0.306 e. The van der Waals surface area contributed by atoms with Gasteiger partial charge in [0, 0.05) is 6.04 Å². The molecular weight excluding hydrogens is 288 g/mol. The molecule has 0 spiro atoms. The highest BCUT2D eigenvalue weighted by Crippen LogP contribution is 2.38. The molecule has 0 heterocycles. The standard InChI is InChI=1S/C10H12N4O7/c1-2-6(5-15)11-10-8(13(18)19)3-7(12(16)17)4-9(10)14(20)21/h3-4,6,11,15H,2,5H2,1H3. The van der Waals surface area contributed by atoms with Crippen LogP contribution in [0.25, 0.3) is 0 Å². The van der Waals surface area contributed by atoms with Crippen molar-refractivity contribution < 1.29 is 19.9 Å². The second kappa shape index (κ2) is 6.56. The van der Waals surface area contributed by atoms with E-state index < -0.39 is 50.2 Å². The number of aliphatic hydroxyl groups is 1. The van der Waals surface area contributed by atoms with Gasteiger partial charge in [0.25, 0.3) is 5.69 Å². The monoisotopic (exact) mass is 300 g/mol. The third-order valence-electron chi connectivity index (χ3n) is 2.75. The number of nitrogens with one attached hydrogen (secondary N) is 1. The maximum absolute atomic E-state index is 11.0. The Morgan fingerprint density at radius 1 is 1.10 bits per heavy atom. The van der Waals surface area contributed by atoms with E-state index in [1.807, 2.05) is 0 Å². The predicted octanol–water partition coefficient (Wildman–Crippen LogP) is 1.59. The van der Waals surface area contributed by atoms with E-state index in [4.69, 9.17) is 5.11 Å². The van der Waals surface area contributed by atoms with Crippen molar-refractivity contribution in [3.8, 4) is 0 Å². The fourth-order valence-electron chi connectivity index (χ4n) is 1.62. The topological polar surface area (TPSA) is 162 Å². The Balaban J connectivity index is 3.53. The molecular formula is C10H12N4O7. The number of nitrogens with zero attached hydrogens (tertiary/aromatic N) is 3. The largest absolute Gasteiger partial charge is 0.394 e. The number of hydrogen-bond acceptors (Lipinski definition) is 8. The molecule has 0 aromatic heterocycles. The number of hydrogen-bond donors (Lipinski definition) is 2. The zero-order chi connectivity index (χ0) is 16.2. The lowest BCUT2D eigenvalue weighted by Gasteiger charge is -2.15. The number of rotatable bonds is 7. The summed E-state index contributed by atoms with van der Waals surface area (Å²) in [4.78, 5) is 29.8. The first-order valence-electron chi connectivity index (χ1n) is 5.80. The average Bonchev–Trinajstić information content (AvgIpc) is 2.43. The molecule has 21 heavy (non-hydrogen) atoms. The van der Waals surface area contributed by atoms with E-state index in [0.717, 1.165) is 0 Å². The van der Waals surface area contributed by atoms with Crippen molar-refractivity contribution in [3.63, 3.8) is 0 Å². The van der Waals surface area contributed by atoms with E-state index in [1.165, 1.54) is 0 Å². The van der Waals surface area contributed by atoms with Crippen LogP contribution in [0.3, 0.4) is 0 Å². The Bertz CT molecular complexity index is 550. The van der Waals surface area contributed by atoms with Crippen LogP contribution in [-0.4, -0.2) is 32.5 Å². The van der Waals surface area contributed by atoms with Crippen LogP contribution >= 0.6 is 0 Å². The van der Waals surface area contributed by atoms with Crippen molar-refractivity contribution in [1.82, 2.24) is 0 Å². The minimum absolute atomic E-state index is 0.349. The molecule has 2 N–H and O–H groups in total. The van der Waals surface area contributed by atoms with Crippen LogP contribution in [0, 0.1) is 30.3 Å². The SMILES string of the molecule is CCC(CO)Nc1c([N+](=O)[O-])cc([N+](=O)[O-])cc1[N+](=O)[O-]. The number of nitro groups is 3. The second-order valence-electron chi connectivity index (χ2n) is 4.06. The van der Waals surface area contributed by atoms with Gasteiger partial charge in [-0.15, -0.1) is 0 Å². The molecule has 0 bridgehead atoms. The lowest BCUT2D eigenvalue weighted by molar-refractivity contribution is -0.401. The van der Waals surface area contributed by atoms with Gasteiger partial charge in [-0.2, -0.15) is 0 Å². The lowest BCUT2D eigenvalue weighted by atomic mass is 10.1. The first-order valence-corrected chi connectivity index (χ1v) is 5.80. The molecule has 1 aromatic rings. The van der Waals surface area contributed by atoms with Gasteiger partial charge >= 0.3 is 11.4 Å². The maximum atomic E-state index is 11.0. The molecule has 0 saturated heterocycles. The van der Waals surface area contributed by atoms with Crippen LogP contribution in [0.15, 0.2) is 12.1 Å². The van der Waals surface area contributed by atoms with Crippen molar-refractivity contribution in [2.24, 2.45) is 0 Å². The summed E-state index contributed by atoms with van der Waals surface area (Å²) in [6.07, 6.45) is 0.349. The highest BCUT2D eigenvalue weighted by Gasteiger charge is 2.31. The summed E-state index contributed by atoms with van der Waals surface area (Å²) in [6.45, 7) is 1.26. The summed E-state index contributed by atoms with van der Waals surface area (Å²) in [5.41, 5.74) is -2.79. The van der Waals surface area contributed by atoms with Crippen molar-refractivity contribution in [1.29, 1.82) is 0 Å². The van der Waals surface area contributed by atoms with E-state index >= 15 is 0 Å². The number of aliphatic hydroxyl groups excluding tert-OH is 1. The third kappa shape index (κ3) is 3.60. The molecule has 0 radical (unpaired) electrons. The minimum Gasteiger partial charge on any atom is -0.394 e. The molecule has 1 atom stereocenters. The van der Waals surface area contributed by atoms with Crippen LogP contribution in [0.2, 0.25) is 0 Å². The molecule has 1 rings (SSSR count). The van der Waals surface area contributed by atoms with Crippen LogP contribution in [0.5, 0.6) is 0 Å². The summed E-state index contributed by atoms with van der Waals surface area (Å²) in [6, 6.07) is 0.627. The van der Waals surface area contributed by atoms with Crippen LogP contribution in [-0.2, 0) is 0 Å². The molecule has 1 aromatic carbocycles. The number of benzene rings is 1. The summed E-state index contributed by atoms with van der Waals surface area (Å²) < 4.78 is 0. The van der Waals surface area contributed by atoms with E-state index in [-0.39, 0.29) is 0 Å². The zero-order valence-electron chi connectivity index (χ0n) is 10.9. The van der Waals surface area contributed by atoms with Gasteiger partial charge in [-0.25, -0.2) is 0 Å². The first kappa shape index (κ1) is 16.2. The fraction of sp³-hybridized carbons (Fsp3) is 0.400. The summed E-state index contributed by atoms with van der Waals surface area (Å²) in [5.74, 6) is 0. The maximum Gasteiger partial charge on any atom is 0.306 e. The molecule has 0 amide bonds. The normalized spacial score (nSPS) is 11.7. The van der Waals surface area contributed by atoms with E-state index in [1.54, 1.807) is 6.92 Å². The lowest BCUT2D eigenvalue weighted by Crippen LogP contribution is -2.23. The zero-order valence-corrected chi connectivity index (χ0v) is 10.9. The molecule has 0 aliphatic carbocycles. The van der Waals surface area contributed by atoms with Gasteiger partial charge in [-0.1, -0.05) is 6.92 Å². The molecule has 0 aliphatic rings. The molecule has 11 heteroatoms. The van der Waals surface area contributed by atoms with Gasteiger partial charge in [0.05, 0.1) is 33.5 Å². The Morgan fingerprint density at radius 3 is 1.86 bits per heavy atom. The van der Waals surface area contributed by atoms with Crippen molar-refractivity contribution in [2.75, 3.05) is 11.9 Å². The van der Waals surface area contributed by atoms with Crippen LogP contribution in [0.4, 0.5) is 22.7 Å². The highest BCUT2D eigenvalue weighted by atomic mass is 16.6. The molecule has 0 saturated carbocycles. The molecule has 1 unspecified atom stereocenters. The van der Waals surface area contributed by atoms with Crippen LogP contribution in [0.1, 0.15) is 13.3 Å². The first-order chi connectivity index (χ1) is 9.81. The average molecular weight is 300 g/mol. The van der Waals surface area contributed by atoms with Gasteiger partial charge in [-0.05, 0) is 6.42 Å². The highest BCUT2D eigenvalue weighted by molar-refractivity contribution is 5.77. The number of non-ortho nitro benzene ring substituents is 1. The van der Waals surface area contributed by atoms with Crippen molar-refractivity contribution in [2.45, 2.75) is 19.4 Å². The minimum atomic E-state index is -0.952. The van der Waals surface area contributed by atoms with E-state index in [2.05, 4.69) is 5.32 Å². The Kier molecular flexibility index (Phi) is 5.07. The second-order valence-corrected chi connectivity index (χ2v) is 4.06. The summed E-state index contributed by atoms with van der Waals surface area (Å²) >= 11 is 0. The van der Waals surface area contributed by atoms with Gasteiger partial charge in [0.2, 0.25) is 0 Å². The number of nitro benzene ring substituents is 3. The quantitative estimate of drug-likeness (QED) is 0.566. The fourth-order valence-corrected chi connectivity index (χ4v) is 1.62. The predicted molar refractivity (Wildman–Crippen MR) is 71.2 cm³/mol. The molecule has 0 aliphatic heterocycles. The number of anilines is 1. The van der Waals surface area contributed by atoms with Crippen LogP contribution < -0.4 is 5.32 Å². The Labute approximate surface area is 117 Å². The molecule has 114 valence electrons. The van der Waals surface area contributed by atoms with Crippen molar-refractivity contribution >= 4 is 22.7 Å². The summed E-state index contributed by atoms with van der Waals surface area (Å²) in [5, 5.41) is 44.2. The molecule has 11 nitrogen and oxygen atoms in total. The Morgan fingerprint density at radius 2 is 1.57 bits per heavy atom. The van der Waals surface area contributed by atoms with E-state index in [0.29, 0.717) is 18.6 Å².